The second kappa shape index (κ2) is 3.80. The number of benzene rings is 1. The zero-order valence-electron chi connectivity index (χ0n) is 6.71. The van der Waals surface area contributed by atoms with Crippen molar-refractivity contribution < 1.29 is 0 Å². The highest BCUT2D eigenvalue weighted by atomic mass is 35.5. The molecule has 0 bridgehead atoms. The van der Waals surface area contributed by atoms with Crippen LogP contribution in [0, 0.1) is 22.7 Å². The first-order chi connectivity index (χ1) is 6.19. The first kappa shape index (κ1) is 9.38. The van der Waals surface area contributed by atoms with E-state index in [0.717, 1.165) is 0 Å². The van der Waals surface area contributed by atoms with E-state index in [2.05, 4.69) is 0 Å². The third-order valence-electron chi connectivity index (χ3n) is 1.59. The average molecular weight is 192 g/mol. The van der Waals surface area contributed by atoms with Crippen molar-refractivity contribution >= 4 is 17.3 Å². The molecule has 64 valence electrons. The Morgan fingerprint density at radius 1 is 1.38 bits per heavy atom. The van der Waals surface area contributed by atoms with Gasteiger partial charge >= 0.3 is 0 Å². The molecule has 0 atom stereocenters. The SMILES string of the molecule is N#CCc1c(Cl)cc(N)cc1C#N. The molecular weight excluding hydrogens is 186 g/mol. The molecular formula is C9H6ClN3. The van der Waals surface area contributed by atoms with E-state index in [4.69, 9.17) is 27.9 Å². The first-order valence-corrected chi connectivity index (χ1v) is 3.91. The van der Waals surface area contributed by atoms with Crippen molar-refractivity contribution in [2.45, 2.75) is 6.42 Å². The Morgan fingerprint density at radius 3 is 2.62 bits per heavy atom. The lowest BCUT2D eigenvalue weighted by Crippen LogP contribution is -1.94. The standard InChI is InChI=1S/C9H6ClN3/c10-9-4-7(13)3-6(5-12)8(9)1-2-11/h3-4H,1,13H2. The molecule has 0 aliphatic carbocycles. The third kappa shape index (κ3) is 1.90. The van der Waals surface area contributed by atoms with Gasteiger partial charge in [0, 0.05) is 16.3 Å². The number of nitriles is 2. The molecule has 3 nitrogen and oxygen atoms in total. The van der Waals surface area contributed by atoms with Gasteiger partial charge in [0.05, 0.1) is 24.1 Å². The van der Waals surface area contributed by atoms with Crippen LogP contribution in [0.1, 0.15) is 11.1 Å². The van der Waals surface area contributed by atoms with Crippen molar-refractivity contribution in [3.05, 3.63) is 28.3 Å². The molecule has 0 unspecified atom stereocenters. The van der Waals surface area contributed by atoms with Gasteiger partial charge in [0.1, 0.15) is 0 Å². The molecule has 1 rings (SSSR count). The van der Waals surface area contributed by atoms with Crippen LogP contribution < -0.4 is 5.73 Å². The quantitative estimate of drug-likeness (QED) is 0.689. The van der Waals surface area contributed by atoms with Crippen molar-refractivity contribution in [2.75, 3.05) is 5.73 Å². The fourth-order valence-corrected chi connectivity index (χ4v) is 1.31. The number of nitrogens with two attached hydrogens (primary N) is 1. The number of hydrogen-bond acceptors (Lipinski definition) is 3. The zero-order chi connectivity index (χ0) is 9.84. The van der Waals surface area contributed by atoms with Crippen LogP contribution >= 0.6 is 11.6 Å². The Hall–Kier alpha value is -1.71. The molecule has 0 saturated heterocycles. The lowest BCUT2D eigenvalue weighted by Gasteiger charge is -2.03. The van der Waals surface area contributed by atoms with E-state index in [0.29, 0.717) is 21.8 Å². The summed E-state index contributed by atoms with van der Waals surface area (Å²) in [6.07, 6.45) is 0.127. The van der Waals surface area contributed by atoms with Crippen LogP contribution in [-0.4, -0.2) is 0 Å². The Bertz CT molecular complexity index is 412. The molecule has 1 aromatic rings. The van der Waals surface area contributed by atoms with Crippen molar-refractivity contribution in [3.8, 4) is 12.1 Å². The van der Waals surface area contributed by atoms with Crippen LogP contribution in [0.3, 0.4) is 0 Å². The lowest BCUT2D eigenvalue weighted by molar-refractivity contribution is 1.24. The largest absolute Gasteiger partial charge is 0.399 e. The molecule has 2 N–H and O–H groups in total. The topological polar surface area (TPSA) is 73.6 Å². The summed E-state index contributed by atoms with van der Waals surface area (Å²) in [4.78, 5) is 0. The summed E-state index contributed by atoms with van der Waals surface area (Å²) in [5.41, 5.74) is 6.82. The number of rotatable bonds is 1. The molecule has 0 amide bonds. The van der Waals surface area contributed by atoms with E-state index in [9.17, 15) is 0 Å². The van der Waals surface area contributed by atoms with Crippen LogP contribution in [0.15, 0.2) is 12.1 Å². The molecule has 0 aromatic heterocycles. The number of anilines is 1. The normalized spacial score (nSPS) is 8.85. The van der Waals surface area contributed by atoms with E-state index in [1.54, 1.807) is 0 Å². The minimum Gasteiger partial charge on any atom is -0.399 e. The second-order valence-electron chi connectivity index (χ2n) is 2.48. The number of nitrogen functional groups attached to an aromatic ring is 1. The smallest absolute Gasteiger partial charge is 0.0996 e. The molecule has 0 saturated carbocycles. The summed E-state index contributed by atoms with van der Waals surface area (Å²) in [6, 6.07) is 6.94. The highest BCUT2D eigenvalue weighted by molar-refractivity contribution is 6.31. The van der Waals surface area contributed by atoms with Crippen LogP contribution in [0.2, 0.25) is 5.02 Å². The van der Waals surface area contributed by atoms with E-state index in [-0.39, 0.29) is 6.42 Å². The lowest BCUT2D eigenvalue weighted by atomic mass is 10.1. The van der Waals surface area contributed by atoms with Gasteiger partial charge in [-0.2, -0.15) is 10.5 Å². The van der Waals surface area contributed by atoms with Crippen LogP contribution in [0.4, 0.5) is 5.69 Å². The summed E-state index contributed by atoms with van der Waals surface area (Å²) in [6.45, 7) is 0. The fourth-order valence-electron chi connectivity index (χ4n) is 1.02. The number of halogens is 1. The van der Waals surface area contributed by atoms with Crippen molar-refractivity contribution in [3.63, 3.8) is 0 Å². The van der Waals surface area contributed by atoms with Crippen LogP contribution in [0.25, 0.3) is 0 Å². The molecule has 0 fully saturated rings. The highest BCUT2D eigenvalue weighted by Gasteiger charge is 2.07. The maximum atomic E-state index is 8.72. The number of hydrogen-bond donors (Lipinski definition) is 1. The highest BCUT2D eigenvalue weighted by Crippen LogP contribution is 2.23. The average Bonchev–Trinajstić information content (AvgIpc) is 2.09. The molecule has 0 aliphatic heterocycles. The van der Waals surface area contributed by atoms with Gasteiger partial charge in [-0.05, 0) is 12.1 Å². The van der Waals surface area contributed by atoms with Gasteiger partial charge in [-0.25, -0.2) is 0 Å². The molecule has 0 aliphatic rings. The maximum absolute atomic E-state index is 8.72. The summed E-state index contributed by atoms with van der Waals surface area (Å²) >= 11 is 5.81. The first-order valence-electron chi connectivity index (χ1n) is 3.54. The predicted octanol–water partition coefficient (Wildman–Crippen LogP) is 1.86. The summed E-state index contributed by atoms with van der Waals surface area (Å²) < 4.78 is 0. The summed E-state index contributed by atoms with van der Waals surface area (Å²) in [5.74, 6) is 0. The molecule has 0 spiro atoms. The van der Waals surface area contributed by atoms with Crippen LogP contribution in [-0.2, 0) is 6.42 Å². The third-order valence-corrected chi connectivity index (χ3v) is 1.93. The second-order valence-corrected chi connectivity index (χ2v) is 2.88. The fraction of sp³-hybridized carbons (Fsp3) is 0.111. The molecule has 0 radical (unpaired) electrons. The molecule has 4 heteroatoms. The Morgan fingerprint density at radius 2 is 2.08 bits per heavy atom. The van der Waals surface area contributed by atoms with Gasteiger partial charge in [-0.15, -0.1) is 0 Å². The van der Waals surface area contributed by atoms with Gasteiger partial charge in [0.25, 0.3) is 0 Å². The van der Waals surface area contributed by atoms with Gasteiger partial charge in [0.15, 0.2) is 0 Å². The Labute approximate surface area is 81.0 Å². The Balaban J connectivity index is 3.34. The van der Waals surface area contributed by atoms with E-state index < -0.39 is 0 Å². The Kier molecular flexibility index (Phi) is 2.74. The van der Waals surface area contributed by atoms with Gasteiger partial charge in [-0.1, -0.05) is 11.6 Å². The van der Waals surface area contributed by atoms with Crippen molar-refractivity contribution in [1.29, 1.82) is 10.5 Å². The van der Waals surface area contributed by atoms with E-state index in [1.807, 2.05) is 12.1 Å². The van der Waals surface area contributed by atoms with Gasteiger partial charge in [0.2, 0.25) is 0 Å². The molecule has 1 aromatic carbocycles. The molecule has 0 heterocycles. The van der Waals surface area contributed by atoms with Crippen LogP contribution in [0.5, 0.6) is 0 Å². The van der Waals surface area contributed by atoms with E-state index in [1.165, 1.54) is 12.1 Å². The maximum Gasteiger partial charge on any atom is 0.0996 e. The summed E-state index contributed by atoms with van der Waals surface area (Å²) in [5, 5.41) is 17.6. The predicted molar refractivity (Wildman–Crippen MR) is 49.9 cm³/mol. The van der Waals surface area contributed by atoms with Gasteiger partial charge in [-0.3, -0.25) is 0 Å². The minimum absolute atomic E-state index is 0.127. The zero-order valence-corrected chi connectivity index (χ0v) is 7.47. The summed E-state index contributed by atoms with van der Waals surface area (Å²) in [7, 11) is 0. The molecule has 13 heavy (non-hydrogen) atoms. The minimum atomic E-state index is 0.127. The van der Waals surface area contributed by atoms with Gasteiger partial charge < -0.3 is 5.73 Å². The monoisotopic (exact) mass is 191 g/mol. The van der Waals surface area contributed by atoms with Crippen molar-refractivity contribution in [2.24, 2.45) is 0 Å². The number of nitrogens with zero attached hydrogens (tertiary/aromatic N) is 2. The van der Waals surface area contributed by atoms with Crippen molar-refractivity contribution in [1.82, 2.24) is 0 Å². The van der Waals surface area contributed by atoms with E-state index >= 15 is 0 Å².